The molecule has 0 radical (unpaired) electrons. The molecular weight excluding hydrogens is 897 g/mol. The van der Waals surface area contributed by atoms with Crippen molar-refractivity contribution >= 4 is 70.6 Å². The van der Waals surface area contributed by atoms with Crippen LogP contribution in [0.4, 0.5) is 0 Å². The van der Waals surface area contributed by atoms with Crippen LogP contribution < -0.4 is 21.3 Å². The number of ketones is 2. The second-order valence-electron chi connectivity index (χ2n) is 16.1. The van der Waals surface area contributed by atoms with Gasteiger partial charge in [-0.25, -0.2) is 0 Å². The number of aryl methyl sites for hydroxylation is 2. The third-order valence-corrected chi connectivity index (χ3v) is 11.0. The molecule has 2 unspecified atom stereocenters. The first-order valence-electron chi connectivity index (χ1n) is 22.8. The maximum Gasteiger partial charge on any atom is 0.257 e. The molecule has 2 aliphatic heterocycles. The first-order valence-corrected chi connectivity index (χ1v) is 22.8. The van der Waals surface area contributed by atoms with Crippen LogP contribution in [-0.2, 0) is 70.3 Å². The fraction of sp³-hybridized carbons (Fsp3) is 0.429. The number of hydrogen-bond donors (Lipinski definition) is 4. The van der Waals surface area contributed by atoms with Crippen molar-refractivity contribution in [2.24, 2.45) is 11.8 Å². The van der Waals surface area contributed by atoms with Crippen LogP contribution >= 0.6 is 0 Å². The van der Waals surface area contributed by atoms with Gasteiger partial charge in [0, 0.05) is 87.0 Å². The van der Waals surface area contributed by atoms with E-state index < -0.39 is 108 Å². The second kappa shape index (κ2) is 28.1. The number of benzene rings is 2. The van der Waals surface area contributed by atoms with Crippen LogP contribution in [0.2, 0.25) is 0 Å². The predicted molar refractivity (Wildman–Crippen MR) is 245 cm³/mol. The Labute approximate surface area is 398 Å². The number of nitrogens with zero attached hydrogens (tertiary/aromatic N) is 2. The summed E-state index contributed by atoms with van der Waals surface area (Å²) in [5, 5.41) is 9.70. The van der Waals surface area contributed by atoms with Crippen molar-refractivity contribution in [1.29, 1.82) is 0 Å². The normalized spacial score (nSPS) is 13.9. The molecule has 4 rings (SSSR count). The lowest BCUT2D eigenvalue weighted by Gasteiger charge is -2.17. The fourth-order valence-corrected chi connectivity index (χ4v) is 7.04. The molecule has 10 amide bonds. The van der Waals surface area contributed by atoms with E-state index in [4.69, 9.17) is 9.47 Å². The molecule has 4 N–H and O–H groups in total. The number of rotatable bonds is 30. The summed E-state index contributed by atoms with van der Waals surface area (Å²) in [6.45, 7) is 3.93. The fourth-order valence-electron chi connectivity index (χ4n) is 7.04. The largest absolute Gasteiger partial charge is 0.378 e. The quantitative estimate of drug-likeness (QED) is 0.0634. The van der Waals surface area contributed by atoms with Gasteiger partial charge in [-0.15, -0.1) is 0 Å². The number of nitrogens with one attached hydrogen (secondary N) is 4. The molecule has 2 aromatic carbocycles. The summed E-state index contributed by atoms with van der Waals surface area (Å²) < 4.78 is 10.8. The van der Waals surface area contributed by atoms with Crippen molar-refractivity contribution < 1.29 is 67.0 Å². The van der Waals surface area contributed by atoms with Crippen molar-refractivity contribution in [2.45, 2.75) is 71.6 Å². The van der Waals surface area contributed by atoms with E-state index in [1.807, 2.05) is 13.8 Å². The Kier molecular flexibility index (Phi) is 22.1. The van der Waals surface area contributed by atoms with Gasteiger partial charge >= 0.3 is 0 Å². The Bertz CT molecular complexity index is 2110. The van der Waals surface area contributed by atoms with Crippen molar-refractivity contribution in [3.63, 3.8) is 0 Å². The van der Waals surface area contributed by atoms with Crippen molar-refractivity contribution in [2.75, 3.05) is 52.6 Å². The maximum atomic E-state index is 13.4. The van der Waals surface area contributed by atoms with Gasteiger partial charge in [0.05, 0.1) is 51.4 Å². The highest BCUT2D eigenvalue weighted by molar-refractivity contribution is 6.13. The van der Waals surface area contributed by atoms with Gasteiger partial charge < -0.3 is 20.1 Å². The number of ether oxygens (including phenoxy) is 2. The summed E-state index contributed by atoms with van der Waals surface area (Å²) in [4.78, 5) is 154. The van der Waals surface area contributed by atoms with Gasteiger partial charge in [0.2, 0.25) is 23.6 Å². The van der Waals surface area contributed by atoms with E-state index in [1.54, 1.807) is 48.5 Å². The van der Waals surface area contributed by atoms with Gasteiger partial charge in [-0.1, -0.05) is 38.1 Å². The zero-order valence-electron chi connectivity index (χ0n) is 38.7. The predicted octanol–water partition coefficient (Wildman–Crippen LogP) is 1.24. The third kappa shape index (κ3) is 18.4. The Morgan fingerprint density at radius 1 is 0.493 bits per heavy atom. The minimum atomic E-state index is -1.28. The van der Waals surface area contributed by atoms with E-state index in [0.717, 1.165) is 58.1 Å². The number of carbonyl (C=O) groups excluding carboxylic acids is 12. The average molecular weight is 955 g/mol. The first kappa shape index (κ1) is 54.3. The lowest BCUT2D eigenvalue weighted by molar-refractivity contribution is -0.139. The highest BCUT2D eigenvalue weighted by Gasteiger charge is 2.29. The molecule has 20 nitrogen and oxygen atoms in total. The molecule has 0 spiro atoms. The Hall–Kier alpha value is -7.32. The van der Waals surface area contributed by atoms with Crippen molar-refractivity contribution in [1.82, 2.24) is 31.1 Å². The lowest BCUT2D eigenvalue weighted by atomic mass is 9.92. The van der Waals surface area contributed by atoms with Gasteiger partial charge in [-0.2, -0.15) is 0 Å². The molecule has 2 heterocycles. The van der Waals surface area contributed by atoms with Gasteiger partial charge in [-0.3, -0.25) is 78.0 Å². The smallest absolute Gasteiger partial charge is 0.257 e. The molecule has 2 atom stereocenters. The maximum absolute atomic E-state index is 13.4. The monoisotopic (exact) mass is 954 g/mol. The van der Waals surface area contributed by atoms with Crippen LogP contribution in [-0.4, -0.2) is 133 Å². The summed E-state index contributed by atoms with van der Waals surface area (Å²) in [5.41, 5.74) is 2.30. The molecule has 69 heavy (non-hydrogen) atoms. The summed E-state index contributed by atoms with van der Waals surface area (Å²) in [6, 6.07) is 13.1. The minimum absolute atomic E-state index is 0.00383. The molecule has 2 aromatic rings. The number of amides is 10. The molecular formula is C49H58N6O14. The summed E-state index contributed by atoms with van der Waals surface area (Å²) in [5.74, 6) is -9.85. The number of carbonyl (C=O) groups is 12. The topological polar surface area (TPSA) is 278 Å². The van der Waals surface area contributed by atoms with Gasteiger partial charge in [-0.05, 0) is 54.7 Å². The van der Waals surface area contributed by atoms with E-state index in [9.17, 15) is 57.5 Å². The molecule has 368 valence electrons. The van der Waals surface area contributed by atoms with Crippen molar-refractivity contribution in [3.8, 4) is 0 Å². The number of Topliss-reactive ketones (excluding diaryl/α,β-unsaturated/α-hetero) is 2. The zero-order valence-corrected chi connectivity index (χ0v) is 38.7. The zero-order chi connectivity index (χ0) is 50.3. The van der Waals surface area contributed by atoms with Gasteiger partial charge in [0.1, 0.15) is 11.6 Å². The number of hydrogen-bond acceptors (Lipinski definition) is 14. The average Bonchev–Trinajstić information content (AvgIpc) is 3.83. The van der Waals surface area contributed by atoms with Crippen molar-refractivity contribution in [3.05, 3.63) is 95.1 Å². The van der Waals surface area contributed by atoms with E-state index in [-0.39, 0.29) is 83.0 Å². The first-order chi connectivity index (χ1) is 33.1. The van der Waals surface area contributed by atoms with Crippen LogP contribution in [0.3, 0.4) is 0 Å². The molecule has 0 fully saturated rings. The minimum Gasteiger partial charge on any atom is -0.378 e. The number of imide groups is 4. The molecule has 20 heteroatoms. The summed E-state index contributed by atoms with van der Waals surface area (Å²) in [6.07, 6.45) is 3.72. The molecule has 0 aromatic heterocycles. The molecule has 2 aliphatic rings. The second-order valence-corrected chi connectivity index (χ2v) is 16.1. The van der Waals surface area contributed by atoms with Crippen LogP contribution in [0.1, 0.15) is 90.6 Å². The van der Waals surface area contributed by atoms with Crippen LogP contribution in [0.15, 0.2) is 72.8 Å². The van der Waals surface area contributed by atoms with Crippen LogP contribution in [0.5, 0.6) is 0 Å². The van der Waals surface area contributed by atoms with Gasteiger partial charge in [0.15, 0.2) is 0 Å². The van der Waals surface area contributed by atoms with E-state index in [1.165, 1.54) is 0 Å². The molecule has 0 saturated heterocycles. The van der Waals surface area contributed by atoms with Crippen LogP contribution in [0, 0.1) is 11.8 Å². The lowest BCUT2D eigenvalue weighted by Crippen LogP contribution is -2.40. The summed E-state index contributed by atoms with van der Waals surface area (Å²) >= 11 is 0. The van der Waals surface area contributed by atoms with E-state index in [0.29, 0.717) is 0 Å². The molecule has 0 bridgehead atoms. The highest BCUT2D eigenvalue weighted by atomic mass is 16.5. The standard InChI is InChI=1S/C49H58N6O14/c1-3-32-8-12-34(13-9-32)46(64)52-48(66)36(30-40(58)50-20-24-68-26-22-54-42(60)16-17-43(54)61)28-38(56)6-5-7-39(57)29-37(49(67)53-47(65)35-14-10-33(4-2)11-15-35)31-41(59)51-21-25-69-27-23-55-44(62)18-19-45(55)63/h8-19,36-37H,3-7,20-31H2,1-2H3,(H,50,58)(H,51,59)(H,52,64,66)(H,53,65,67). The Balaban J connectivity index is 1.30. The Morgan fingerprint density at radius 2 is 0.841 bits per heavy atom. The molecule has 0 aliphatic carbocycles. The summed E-state index contributed by atoms with van der Waals surface area (Å²) in [7, 11) is 0. The third-order valence-electron chi connectivity index (χ3n) is 11.0. The van der Waals surface area contributed by atoms with E-state index >= 15 is 0 Å². The highest BCUT2D eigenvalue weighted by Crippen LogP contribution is 2.17. The van der Waals surface area contributed by atoms with E-state index in [2.05, 4.69) is 21.3 Å². The molecule has 0 saturated carbocycles. The van der Waals surface area contributed by atoms with Gasteiger partial charge in [0.25, 0.3) is 35.4 Å². The Morgan fingerprint density at radius 3 is 1.17 bits per heavy atom. The van der Waals surface area contributed by atoms with Crippen LogP contribution in [0.25, 0.3) is 0 Å². The SMILES string of the molecule is CCc1ccc(C(=O)NC(=O)C(CC(=O)CCCC(=O)CC(CC(=O)NCCOCCN2C(=O)C=CC2=O)C(=O)NC(=O)c2ccc(CC)cc2)CC(=O)NCCOCCN2C(=O)C=CC2=O)cc1.